The van der Waals surface area contributed by atoms with Crippen molar-refractivity contribution in [3.63, 3.8) is 0 Å². The molecule has 2 heterocycles. The van der Waals surface area contributed by atoms with Gasteiger partial charge in [0, 0.05) is 25.4 Å². The van der Waals surface area contributed by atoms with E-state index < -0.39 is 5.60 Å². The molecule has 1 unspecified atom stereocenters. The number of likely N-dealkylation sites (tertiary alicyclic amines) is 1. The lowest BCUT2D eigenvalue weighted by Crippen LogP contribution is -2.50. The first kappa shape index (κ1) is 17.5. The summed E-state index contributed by atoms with van der Waals surface area (Å²) in [5.74, 6) is -0.456. The van der Waals surface area contributed by atoms with Gasteiger partial charge in [0.25, 0.3) is 0 Å². The van der Waals surface area contributed by atoms with E-state index in [9.17, 15) is 14.4 Å². The standard InChI is InChI=1S/C19H24N2O4/c1-19(2,3)25-18(24)21-10-14(11-21)12-5-4-6-13(9-12)15-7-8-16(22)20-17(15)23/h4-6,9,14-15H,7-8,10-11H2,1-3H3,(H,20,22,23). The van der Waals surface area contributed by atoms with Crippen molar-refractivity contribution in [3.8, 4) is 0 Å². The van der Waals surface area contributed by atoms with Crippen LogP contribution in [0.5, 0.6) is 0 Å². The first-order chi connectivity index (χ1) is 11.7. The fraction of sp³-hybridized carbons (Fsp3) is 0.526. The Morgan fingerprint density at radius 3 is 2.52 bits per heavy atom. The highest BCUT2D eigenvalue weighted by Crippen LogP contribution is 2.32. The molecule has 0 saturated carbocycles. The van der Waals surface area contributed by atoms with Crippen LogP contribution in [0.25, 0.3) is 0 Å². The van der Waals surface area contributed by atoms with Gasteiger partial charge < -0.3 is 9.64 Å². The quantitative estimate of drug-likeness (QED) is 0.837. The molecule has 1 atom stereocenters. The first-order valence-corrected chi connectivity index (χ1v) is 8.64. The van der Waals surface area contributed by atoms with Crippen LogP contribution in [-0.4, -0.2) is 41.5 Å². The molecule has 6 heteroatoms. The zero-order chi connectivity index (χ0) is 18.2. The zero-order valence-corrected chi connectivity index (χ0v) is 14.9. The van der Waals surface area contributed by atoms with Crippen molar-refractivity contribution in [1.29, 1.82) is 0 Å². The number of carbonyl (C=O) groups is 3. The molecule has 1 aromatic rings. The Kier molecular flexibility index (Phi) is 4.54. The number of ether oxygens (including phenoxy) is 1. The molecule has 0 spiro atoms. The van der Waals surface area contributed by atoms with Gasteiger partial charge in [0.15, 0.2) is 0 Å². The fourth-order valence-corrected chi connectivity index (χ4v) is 3.21. The summed E-state index contributed by atoms with van der Waals surface area (Å²) in [7, 11) is 0. The van der Waals surface area contributed by atoms with Gasteiger partial charge >= 0.3 is 6.09 Å². The van der Waals surface area contributed by atoms with Crippen LogP contribution in [0.3, 0.4) is 0 Å². The van der Waals surface area contributed by atoms with E-state index in [0.717, 1.165) is 11.1 Å². The van der Waals surface area contributed by atoms with Crippen LogP contribution in [0.15, 0.2) is 24.3 Å². The lowest BCUT2D eigenvalue weighted by Gasteiger charge is -2.40. The maximum Gasteiger partial charge on any atom is 0.410 e. The second kappa shape index (κ2) is 6.50. The zero-order valence-electron chi connectivity index (χ0n) is 14.9. The summed E-state index contributed by atoms with van der Waals surface area (Å²) in [6.45, 7) is 6.80. The van der Waals surface area contributed by atoms with Crippen LogP contribution in [0.4, 0.5) is 4.79 Å². The predicted molar refractivity (Wildman–Crippen MR) is 92.1 cm³/mol. The largest absolute Gasteiger partial charge is 0.444 e. The minimum Gasteiger partial charge on any atom is -0.444 e. The molecular formula is C19H24N2O4. The van der Waals surface area contributed by atoms with Crippen molar-refractivity contribution in [3.05, 3.63) is 35.4 Å². The van der Waals surface area contributed by atoms with E-state index in [1.54, 1.807) is 4.90 Å². The molecule has 2 fully saturated rings. The second-order valence-electron chi connectivity index (χ2n) is 7.76. The molecular weight excluding hydrogens is 320 g/mol. The molecule has 2 aliphatic heterocycles. The number of carbonyl (C=O) groups excluding carboxylic acids is 3. The maximum atomic E-state index is 12.0. The first-order valence-electron chi connectivity index (χ1n) is 8.64. The topological polar surface area (TPSA) is 75.7 Å². The third-order valence-corrected chi connectivity index (χ3v) is 4.56. The van der Waals surface area contributed by atoms with Crippen molar-refractivity contribution < 1.29 is 19.1 Å². The molecule has 25 heavy (non-hydrogen) atoms. The van der Waals surface area contributed by atoms with Crippen LogP contribution < -0.4 is 5.32 Å². The van der Waals surface area contributed by atoms with E-state index in [1.807, 2.05) is 45.0 Å². The van der Waals surface area contributed by atoms with Crippen LogP contribution in [0, 0.1) is 0 Å². The average molecular weight is 344 g/mol. The number of amides is 3. The molecule has 6 nitrogen and oxygen atoms in total. The molecule has 1 N–H and O–H groups in total. The van der Waals surface area contributed by atoms with Gasteiger partial charge in [-0.2, -0.15) is 0 Å². The number of piperidine rings is 1. The van der Waals surface area contributed by atoms with Gasteiger partial charge in [0.05, 0.1) is 5.92 Å². The third kappa shape index (κ3) is 4.00. The molecule has 2 saturated heterocycles. The average Bonchev–Trinajstić information content (AvgIpc) is 2.44. The maximum absolute atomic E-state index is 12.0. The minimum atomic E-state index is -0.492. The van der Waals surface area contributed by atoms with Crippen molar-refractivity contribution in [2.24, 2.45) is 0 Å². The smallest absolute Gasteiger partial charge is 0.410 e. The Bertz CT molecular complexity index is 702. The Balaban J connectivity index is 1.63. The number of imide groups is 1. The van der Waals surface area contributed by atoms with Crippen molar-refractivity contribution >= 4 is 17.9 Å². The van der Waals surface area contributed by atoms with Crippen molar-refractivity contribution in [1.82, 2.24) is 10.2 Å². The highest BCUT2D eigenvalue weighted by Gasteiger charge is 2.35. The molecule has 0 bridgehead atoms. The third-order valence-electron chi connectivity index (χ3n) is 4.56. The van der Waals surface area contributed by atoms with Crippen LogP contribution in [0.1, 0.15) is 56.6 Å². The van der Waals surface area contributed by atoms with Crippen molar-refractivity contribution in [2.75, 3.05) is 13.1 Å². The Morgan fingerprint density at radius 1 is 1.20 bits per heavy atom. The summed E-state index contributed by atoms with van der Waals surface area (Å²) in [6, 6.07) is 7.90. The van der Waals surface area contributed by atoms with Gasteiger partial charge in [-0.15, -0.1) is 0 Å². The Hall–Kier alpha value is -2.37. The van der Waals surface area contributed by atoms with Crippen molar-refractivity contribution in [2.45, 2.75) is 51.0 Å². The van der Waals surface area contributed by atoms with Crippen LogP contribution in [-0.2, 0) is 14.3 Å². The van der Waals surface area contributed by atoms with E-state index in [1.165, 1.54) is 0 Å². The van der Waals surface area contributed by atoms with E-state index >= 15 is 0 Å². The molecule has 134 valence electrons. The van der Waals surface area contributed by atoms with E-state index in [0.29, 0.717) is 25.9 Å². The number of nitrogens with one attached hydrogen (secondary N) is 1. The molecule has 2 aliphatic rings. The highest BCUT2D eigenvalue weighted by atomic mass is 16.6. The van der Waals surface area contributed by atoms with Gasteiger partial charge in [0.1, 0.15) is 5.60 Å². The number of hydrogen-bond donors (Lipinski definition) is 1. The lowest BCUT2D eigenvalue weighted by atomic mass is 9.85. The van der Waals surface area contributed by atoms with E-state index in [4.69, 9.17) is 4.74 Å². The minimum absolute atomic E-state index is 0.204. The van der Waals surface area contributed by atoms with Gasteiger partial charge in [-0.3, -0.25) is 14.9 Å². The summed E-state index contributed by atoms with van der Waals surface area (Å²) in [6.07, 6.45) is 0.629. The number of rotatable bonds is 2. The normalized spacial score (nSPS) is 21.6. The highest BCUT2D eigenvalue weighted by molar-refractivity contribution is 6.00. The summed E-state index contributed by atoms with van der Waals surface area (Å²) >= 11 is 0. The van der Waals surface area contributed by atoms with E-state index in [2.05, 4.69) is 5.32 Å². The second-order valence-corrected chi connectivity index (χ2v) is 7.76. The monoisotopic (exact) mass is 344 g/mol. The van der Waals surface area contributed by atoms with Gasteiger partial charge in [-0.05, 0) is 38.3 Å². The lowest BCUT2D eigenvalue weighted by molar-refractivity contribution is -0.134. The summed E-state index contributed by atoms with van der Waals surface area (Å²) < 4.78 is 5.37. The number of benzene rings is 1. The molecule has 0 aliphatic carbocycles. The fourth-order valence-electron chi connectivity index (χ4n) is 3.21. The van der Waals surface area contributed by atoms with Gasteiger partial charge in [-0.1, -0.05) is 24.3 Å². The SMILES string of the molecule is CC(C)(C)OC(=O)N1CC(c2cccc(C3CCC(=O)NC3=O)c2)C1. The molecule has 0 radical (unpaired) electrons. The van der Waals surface area contributed by atoms with Crippen LogP contribution >= 0.6 is 0 Å². The van der Waals surface area contributed by atoms with Gasteiger partial charge in [0.2, 0.25) is 11.8 Å². The number of nitrogens with zero attached hydrogens (tertiary/aromatic N) is 1. The van der Waals surface area contributed by atoms with Crippen LogP contribution in [0.2, 0.25) is 0 Å². The predicted octanol–water partition coefficient (Wildman–Crippen LogP) is 2.54. The summed E-state index contributed by atoms with van der Waals surface area (Å²) in [5.41, 5.74) is 1.55. The summed E-state index contributed by atoms with van der Waals surface area (Å²) in [5, 5.41) is 2.40. The molecule has 1 aromatic carbocycles. The van der Waals surface area contributed by atoms with E-state index in [-0.39, 0.29) is 29.7 Å². The summed E-state index contributed by atoms with van der Waals surface area (Å²) in [4.78, 5) is 37.1. The Labute approximate surface area is 147 Å². The Morgan fingerprint density at radius 2 is 1.88 bits per heavy atom. The molecule has 3 amide bonds. The van der Waals surface area contributed by atoms with Gasteiger partial charge in [-0.25, -0.2) is 4.79 Å². The number of hydrogen-bond acceptors (Lipinski definition) is 4. The molecule has 3 rings (SSSR count). The molecule has 0 aromatic heterocycles.